The van der Waals surface area contributed by atoms with Gasteiger partial charge in [0.1, 0.15) is 5.65 Å². The van der Waals surface area contributed by atoms with E-state index in [1.807, 2.05) is 12.3 Å². The molecule has 0 saturated carbocycles. The summed E-state index contributed by atoms with van der Waals surface area (Å²) < 4.78 is 0. The largest absolute Gasteiger partial charge is 0.378 e. The van der Waals surface area contributed by atoms with Gasteiger partial charge in [-0.2, -0.15) is 0 Å². The average molecular weight is 292 g/mol. The Kier molecular flexibility index (Phi) is 3.43. The molecule has 4 rings (SSSR count). The van der Waals surface area contributed by atoms with Crippen LogP contribution >= 0.6 is 0 Å². The summed E-state index contributed by atoms with van der Waals surface area (Å²) >= 11 is 0. The number of nitrogens with zero attached hydrogens (tertiary/aromatic N) is 2. The Morgan fingerprint density at radius 3 is 2.82 bits per heavy atom. The first kappa shape index (κ1) is 13.2. The zero-order chi connectivity index (χ0) is 14.8. The van der Waals surface area contributed by atoms with Crippen molar-refractivity contribution in [2.75, 3.05) is 23.3 Å². The van der Waals surface area contributed by atoms with Gasteiger partial charge >= 0.3 is 0 Å². The zero-order valence-corrected chi connectivity index (χ0v) is 12.5. The van der Waals surface area contributed by atoms with Crippen LogP contribution in [0.4, 0.5) is 11.4 Å². The van der Waals surface area contributed by atoms with Crippen molar-refractivity contribution < 1.29 is 0 Å². The first-order valence-corrected chi connectivity index (χ1v) is 7.91. The Morgan fingerprint density at radius 2 is 1.91 bits per heavy atom. The highest BCUT2D eigenvalue weighted by Crippen LogP contribution is 2.28. The molecule has 0 aliphatic carbocycles. The number of anilines is 2. The highest BCUT2D eigenvalue weighted by atomic mass is 15.2. The third-order valence-corrected chi connectivity index (χ3v) is 4.28. The molecule has 1 fully saturated rings. The summed E-state index contributed by atoms with van der Waals surface area (Å²) in [6.45, 7) is 3.05. The molecular formula is C18H20N4. The maximum absolute atomic E-state index is 4.65. The molecule has 0 bridgehead atoms. The van der Waals surface area contributed by atoms with Crippen LogP contribution in [0.25, 0.3) is 11.0 Å². The van der Waals surface area contributed by atoms with Crippen molar-refractivity contribution >= 4 is 22.4 Å². The molecule has 1 aromatic carbocycles. The van der Waals surface area contributed by atoms with Crippen LogP contribution in [-0.4, -0.2) is 23.1 Å². The fraction of sp³-hybridized carbons (Fsp3) is 0.278. The van der Waals surface area contributed by atoms with Gasteiger partial charge in [-0.05, 0) is 43.2 Å². The lowest BCUT2D eigenvalue weighted by Crippen LogP contribution is -2.19. The van der Waals surface area contributed by atoms with E-state index >= 15 is 0 Å². The fourth-order valence-electron chi connectivity index (χ4n) is 3.11. The standard InChI is InChI=1S/C18H20N4/c1-2-6-17(22-11-3-4-12-22)16(5-1)20-13-15-8-7-14-9-10-19-18(14)21-15/h1-2,5-10,20H,3-4,11-13H2,(H,19,21). The summed E-state index contributed by atoms with van der Waals surface area (Å²) in [5, 5.41) is 4.70. The monoisotopic (exact) mass is 292 g/mol. The molecule has 3 heterocycles. The lowest BCUT2D eigenvalue weighted by atomic mass is 10.2. The second kappa shape index (κ2) is 5.72. The number of aromatic amines is 1. The van der Waals surface area contributed by atoms with Gasteiger partial charge in [-0.15, -0.1) is 0 Å². The van der Waals surface area contributed by atoms with E-state index in [1.54, 1.807) is 0 Å². The van der Waals surface area contributed by atoms with Crippen LogP contribution in [0.5, 0.6) is 0 Å². The van der Waals surface area contributed by atoms with E-state index in [0.29, 0.717) is 0 Å². The molecule has 4 heteroatoms. The molecule has 2 N–H and O–H groups in total. The van der Waals surface area contributed by atoms with Crippen molar-refractivity contribution in [1.82, 2.24) is 9.97 Å². The van der Waals surface area contributed by atoms with Gasteiger partial charge in [0, 0.05) is 24.7 Å². The van der Waals surface area contributed by atoms with Gasteiger partial charge in [0.05, 0.1) is 23.6 Å². The summed E-state index contributed by atoms with van der Waals surface area (Å²) in [7, 11) is 0. The normalized spacial score (nSPS) is 14.6. The fourth-order valence-corrected chi connectivity index (χ4v) is 3.11. The molecule has 1 aliphatic heterocycles. The Morgan fingerprint density at radius 1 is 1.05 bits per heavy atom. The number of fused-ring (bicyclic) bond motifs is 1. The Labute approximate surface area is 130 Å². The molecule has 4 nitrogen and oxygen atoms in total. The van der Waals surface area contributed by atoms with E-state index in [4.69, 9.17) is 0 Å². The summed E-state index contributed by atoms with van der Waals surface area (Å²) in [5.41, 5.74) is 4.50. The van der Waals surface area contributed by atoms with Crippen LogP contribution in [0.1, 0.15) is 18.5 Å². The van der Waals surface area contributed by atoms with Gasteiger partial charge in [-0.1, -0.05) is 12.1 Å². The topological polar surface area (TPSA) is 44.0 Å². The van der Waals surface area contributed by atoms with Crippen LogP contribution in [0.3, 0.4) is 0 Å². The highest BCUT2D eigenvalue weighted by molar-refractivity contribution is 5.75. The smallest absolute Gasteiger partial charge is 0.137 e. The van der Waals surface area contributed by atoms with Gasteiger partial charge in [-0.3, -0.25) is 0 Å². The van der Waals surface area contributed by atoms with E-state index in [9.17, 15) is 0 Å². The number of nitrogens with one attached hydrogen (secondary N) is 2. The molecule has 22 heavy (non-hydrogen) atoms. The van der Waals surface area contributed by atoms with Gasteiger partial charge in [0.2, 0.25) is 0 Å². The van der Waals surface area contributed by atoms with Crippen molar-refractivity contribution in [1.29, 1.82) is 0 Å². The molecule has 112 valence electrons. The minimum Gasteiger partial charge on any atom is -0.378 e. The third kappa shape index (κ3) is 2.52. The molecule has 0 atom stereocenters. The first-order chi connectivity index (χ1) is 10.9. The summed E-state index contributed by atoms with van der Waals surface area (Å²) in [4.78, 5) is 10.3. The zero-order valence-electron chi connectivity index (χ0n) is 12.5. The minimum absolute atomic E-state index is 0.736. The van der Waals surface area contributed by atoms with E-state index in [1.165, 1.54) is 24.2 Å². The summed E-state index contributed by atoms with van der Waals surface area (Å²) in [5.74, 6) is 0. The van der Waals surface area contributed by atoms with Gasteiger partial charge < -0.3 is 15.2 Å². The maximum atomic E-state index is 4.65. The van der Waals surface area contributed by atoms with E-state index in [-0.39, 0.29) is 0 Å². The third-order valence-electron chi connectivity index (χ3n) is 4.28. The predicted molar refractivity (Wildman–Crippen MR) is 91.3 cm³/mol. The first-order valence-electron chi connectivity index (χ1n) is 7.91. The lowest BCUT2D eigenvalue weighted by molar-refractivity contribution is 0.949. The van der Waals surface area contributed by atoms with Crippen LogP contribution < -0.4 is 10.2 Å². The number of hydrogen-bond donors (Lipinski definition) is 2. The quantitative estimate of drug-likeness (QED) is 0.769. The Balaban J connectivity index is 1.53. The van der Waals surface area contributed by atoms with Crippen molar-refractivity contribution in [3.05, 3.63) is 54.4 Å². The SMILES string of the molecule is c1ccc(N2CCCC2)c(NCc2ccc3cc[nH]c3n2)c1. The second-order valence-corrected chi connectivity index (χ2v) is 5.78. The van der Waals surface area contributed by atoms with Crippen LogP contribution in [-0.2, 0) is 6.54 Å². The Hall–Kier alpha value is -2.49. The lowest BCUT2D eigenvalue weighted by Gasteiger charge is -2.21. The van der Waals surface area contributed by atoms with Crippen molar-refractivity contribution in [2.45, 2.75) is 19.4 Å². The molecule has 0 spiro atoms. The molecule has 0 unspecified atom stereocenters. The van der Waals surface area contributed by atoms with Gasteiger partial charge in [0.15, 0.2) is 0 Å². The molecule has 0 amide bonds. The molecule has 1 aliphatic rings. The van der Waals surface area contributed by atoms with E-state index in [2.05, 4.69) is 56.6 Å². The summed E-state index contributed by atoms with van der Waals surface area (Å²) in [6, 6.07) is 14.8. The predicted octanol–water partition coefficient (Wildman–Crippen LogP) is 3.78. The van der Waals surface area contributed by atoms with Crippen LogP contribution in [0.2, 0.25) is 0 Å². The number of rotatable bonds is 4. The van der Waals surface area contributed by atoms with E-state index in [0.717, 1.165) is 36.4 Å². The maximum Gasteiger partial charge on any atom is 0.137 e. The molecule has 3 aromatic rings. The second-order valence-electron chi connectivity index (χ2n) is 5.78. The van der Waals surface area contributed by atoms with Crippen molar-refractivity contribution in [3.8, 4) is 0 Å². The number of benzene rings is 1. The molecule has 1 saturated heterocycles. The molecular weight excluding hydrogens is 272 g/mol. The number of para-hydroxylation sites is 2. The number of H-pyrrole nitrogens is 1. The van der Waals surface area contributed by atoms with Crippen molar-refractivity contribution in [3.63, 3.8) is 0 Å². The van der Waals surface area contributed by atoms with Gasteiger partial charge in [-0.25, -0.2) is 4.98 Å². The minimum atomic E-state index is 0.736. The average Bonchev–Trinajstić information content (AvgIpc) is 3.24. The van der Waals surface area contributed by atoms with Gasteiger partial charge in [0.25, 0.3) is 0 Å². The summed E-state index contributed by atoms with van der Waals surface area (Å²) in [6.07, 6.45) is 4.51. The molecule has 0 radical (unpaired) electrons. The molecule has 2 aromatic heterocycles. The van der Waals surface area contributed by atoms with Crippen LogP contribution in [0.15, 0.2) is 48.7 Å². The van der Waals surface area contributed by atoms with E-state index < -0.39 is 0 Å². The Bertz CT molecular complexity index is 771. The van der Waals surface area contributed by atoms with Crippen LogP contribution in [0, 0.1) is 0 Å². The number of hydrogen-bond acceptors (Lipinski definition) is 3. The highest BCUT2D eigenvalue weighted by Gasteiger charge is 2.15. The number of pyridine rings is 1. The van der Waals surface area contributed by atoms with Crippen molar-refractivity contribution in [2.24, 2.45) is 0 Å². The number of aromatic nitrogens is 2.